The normalized spacial score (nSPS) is 18.5. The Kier molecular flexibility index (Phi) is 4.28. The van der Waals surface area contributed by atoms with E-state index in [1.54, 1.807) is 0 Å². The molecule has 0 spiro atoms. The smallest absolute Gasteiger partial charge is 0.249 e. The van der Waals surface area contributed by atoms with E-state index in [4.69, 9.17) is 4.99 Å². The van der Waals surface area contributed by atoms with Gasteiger partial charge in [-0.2, -0.15) is 0 Å². The lowest BCUT2D eigenvalue weighted by atomic mass is 9.97. The molecule has 2 atom stereocenters. The highest BCUT2D eigenvalue weighted by Gasteiger charge is 2.29. The number of fused-ring (bicyclic) bond motifs is 1. The molecule has 2 aromatic rings. The Morgan fingerprint density at radius 3 is 2.61 bits per heavy atom. The molecular formula is C20H22N2O. The van der Waals surface area contributed by atoms with Gasteiger partial charge in [0.25, 0.3) is 0 Å². The Morgan fingerprint density at radius 1 is 1.17 bits per heavy atom. The summed E-state index contributed by atoms with van der Waals surface area (Å²) in [6.07, 6.45) is 0.916. The lowest BCUT2D eigenvalue weighted by molar-refractivity contribution is -0.118. The SMILES string of the molecule is CC[C@H](C)[C@@H]1N=C(c2ccccc2)c2cc(C)ccc2NC1=O. The quantitative estimate of drug-likeness (QED) is 0.907. The van der Waals surface area contributed by atoms with E-state index in [1.165, 1.54) is 0 Å². The molecule has 0 radical (unpaired) electrons. The third-order valence-corrected chi connectivity index (χ3v) is 4.46. The Labute approximate surface area is 137 Å². The Hall–Kier alpha value is -2.42. The molecule has 0 bridgehead atoms. The molecule has 118 valence electrons. The van der Waals surface area contributed by atoms with Crippen LogP contribution in [-0.4, -0.2) is 17.7 Å². The third-order valence-electron chi connectivity index (χ3n) is 4.46. The first-order valence-electron chi connectivity index (χ1n) is 8.15. The van der Waals surface area contributed by atoms with Crippen LogP contribution in [0.4, 0.5) is 5.69 Å². The fourth-order valence-electron chi connectivity index (χ4n) is 2.87. The third kappa shape index (κ3) is 3.04. The van der Waals surface area contributed by atoms with Crippen LogP contribution in [0.3, 0.4) is 0 Å². The van der Waals surface area contributed by atoms with Crippen molar-refractivity contribution in [2.75, 3.05) is 5.32 Å². The summed E-state index contributed by atoms with van der Waals surface area (Å²) in [7, 11) is 0. The van der Waals surface area contributed by atoms with E-state index in [0.717, 1.165) is 34.5 Å². The van der Waals surface area contributed by atoms with Gasteiger partial charge in [0.15, 0.2) is 0 Å². The molecule has 2 aromatic carbocycles. The van der Waals surface area contributed by atoms with Gasteiger partial charge in [0.1, 0.15) is 6.04 Å². The second kappa shape index (κ2) is 6.37. The van der Waals surface area contributed by atoms with Gasteiger partial charge in [-0.15, -0.1) is 0 Å². The number of benzodiazepines with no additional fused rings is 1. The van der Waals surface area contributed by atoms with Gasteiger partial charge in [-0.3, -0.25) is 9.79 Å². The van der Waals surface area contributed by atoms with Crippen LogP contribution in [0.1, 0.15) is 37.0 Å². The van der Waals surface area contributed by atoms with E-state index in [2.05, 4.69) is 44.3 Å². The summed E-state index contributed by atoms with van der Waals surface area (Å²) in [5.41, 5.74) is 4.94. The first kappa shape index (κ1) is 15.5. The van der Waals surface area contributed by atoms with E-state index in [0.29, 0.717) is 0 Å². The van der Waals surface area contributed by atoms with Gasteiger partial charge < -0.3 is 5.32 Å². The summed E-state index contributed by atoms with van der Waals surface area (Å²) in [4.78, 5) is 17.5. The lowest BCUT2D eigenvalue weighted by Gasteiger charge is -2.17. The molecule has 3 heteroatoms. The van der Waals surface area contributed by atoms with Crippen molar-refractivity contribution in [2.45, 2.75) is 33.2 Å². The highest BCUT2D eigenvalue weighted by molar-refractivity contribution is 6.19. The average Bonchev–Trinajstić information content (AvgIpc) is 2.71. The number of anilines is 1. The predicted octanol–water partition coefficient (Wildman–Crippen LogP) is 4.20. The van der Waals surface area contributed by atoms with Gasteiger partial charge in [-0.1, -0.05) is 62.2 Å². The van der Waals surface area contributed by atoms with Gasteiger partial charge in [-0.25, -0.2) is 0 Å². The standard InChI is InChI=1S/C20H22N2O/c1-4-14(3)18-20(23)21-17-11-10-13(2)12-16(17)19(22-18)15-8-6-5-7-9-15/h5-12,14,18H,4H2,1-3H3,(H,21,23)/t14-,18-/m0/s1. The van der Waals surface area contributed by atoms with Crippen molar-refractivity contribution < 1.29 is 4.79 Å². The van der Waals surface area contributed by atoms with Crippen molar-refractivity contribution in [1.29, 1.82) is 0 Å². The van der Waals surface area contributed by atoms with Crippen LogP contribution in [0, 0.1) is 12.8 Å². The molecule has 1 aliphatic heterocycles. The molecule has 0 aliphatic carbocycles. The largest absolute Gasteiger partial charge is 0.324 e. The van der Waals surface area contributed by atoms with E-state index in [9.17, 15) is 4.79 Å². The first-order chi connectivity index (χ1) is 11.1. The van der Waals surface area contributed by atoms with E-state index < -0.39 is 0 Å². The van der Waals surface area contributed by atoms with Crippen LogP contribution in [0.2, 0.25) is 0 Å². The van der Waals surface area contributed by atoms with Gasteiger partial charge in [0, 0.05) is 11.1 Å². The Morgan fingerprint density at radius 2 is 1.91 bits per heavy atom. The number of aliphatic imine (C=N–C) groups is 1. The number of amides is 1. The van der Waals surface area contributed by atoms with Gasteiger partial charge in [0.2, 0.25) is 5.91 Å². The van der Waals surface area contributed by atoms with Crippen molar-refractivity contribution in [3.05, 3.63) is 65.2 Å². The number of nitrogens with zero attached hydrogens (tertiary/aromatic N) is 1. The van der Waals surface area contributed by atoms with Gasteiger partial charge in [0.05, 0.1) is 11.4 Å². The highest BCUT2D eigenvalue weighted by Crippen LogP contribution is 2.27. The van der Waals surface area contributed by atoms with Crippen LogP contribution in [0.15, 0.2) is 53.5 Å². The summed E-state index contributed by atoms with van der Waals surface area (Å²) >= 11 is 0. The maximum atomic E-state index is 12.6. The highest BCUT2D eigenvalue weighted by atomic mass is 16.2. The van der Waals surface area contributed by atoms with Gasteiger partial charge in [-0.05, 0) is 25.0 Å². The van der Waals surface area contributed by atoms with Crippen LogP contribution in [0.25, 0.3) is 0 Å². The van der Waals surface area contributed by atoms with Crippen molar-refractivity contribution in [2.24, 2.45) is 10.9 Å². The molecule has 1 N–H and O–H groups in total. The summed E-state index contributed by atoms with van der Waals surface area (Å²) in [6, 6.07) is 15.8. The lowest BCUT2D eigenvalue weighted by Crippen LogP contribution is -2.31. The second-order valence-electron chi connectivity index (χ2n) is 6.21. The molecule has 0 aromatic heterocycles. The average molecular weight is 306 g/mol. The molecule has 0 fully saturated rings. The molecule has 3 nitrogen and oxygen atoms in total. The minimum atomic E-state index is -0.358. The minimum Gasteiger partial charge on any atom is -0.324 e. The molecule has 0 unspecified atom stereocenters. The fourth-order valence-corrected chi connectivity index (χ4v) is 2.87. The Balaban J connectivity index is 2.21. The summed E-state index contributed by atoms with van der Waals surface area (Å²) in [5, 5.41) is 3.06. The van der Waals surface area contributed by atoms with Gasteiger partial charge >= 0.3 is 0 Å². The number of hydrogen-bond donors (Lipinski definition) is 1. The van der Waals surface area contributed by atoms with Crippen LogP contribution in [-0.2, 0) is 4.79 Å². The number of benzene rings is 2. The maximum absolute atomic E-state index is 12.6. The molecule has 3 rings (SSSR count). The molecule has 0 saturated heterocycles. The molecule has 1 heterocycles. The summed E-state index contributed by atoms with van der Waals surface area (Å²) in [6.45, 7) is 6.23. The number of hydrogen-bond acceptors (Lipinski definition) is 2. The fraction of sp³-hybridized carbons (Fsp3) is 0.300. The summed E-state index contributed by atoms with van der Waals surface area (Å²) < 4.78 is 0. The zero-order valence-electron chi connectivity index (χ0n) is 13.8. The Bertz CT molecular complexity index is 749. The molecule has 1 aliphatic rings. The maximum Gasteiger partial charge on any atom is 0.249 e. The number of carbonyl (C=O) groups is 1. The van der Waals surface area contributed by atoms with E-state index in [1.807, 2.05) is 30.3 Å². The predicted molar refractivity (Wildman–Crippen MR) is 95.1 cm³/mol. The summed E-state index contributed by atoms with van der Waals surface area (Å²) in [5.74, 6) is 0.180. The van der Waals surface area contributed by atoms with Crippen LogP contribution >= 0.6 is 0 Å². The first-order valence-corrected chi connectivity index (χ1v) is 8.15. The number of carbonyl (C=O) groups excluding carboxylic acids is 1. The number of aryl methyl sites for hydroxylation is 1. The topological polar surface area (TPSA) is 41.5 Å². The zero-order valence-corrected chi connectivity index (χ0v) is 13.8. The molecule has 0 saturated carbocycles. The zero-order chi connectivity index (χ0) is 16.4. The van der Waals surface area contributed by atoms with Crippen LogP contribution < -0.4 is 5.32 Å². The molecular weight excluding hydrogens is 284 g/mol. The van der Waals surface area contributed by atoms with Crippen molar-refractivity contribution in [1.82, 2.24) is 0 Å². The van der Waals surface area contributed by atoms with E-state index in [-0.39, 0.29) is 17.9 Å². The monoisotopic (exact) mass is 306 g/mol. The second-order valence-corrected chi connectivity index (χ2v) is 6.21. The van der Waals surface area contributed by atoms with E-state index >= 15 is 0 Å². The van der Waals surface area contributed by atoms with Crippen molar-refractivity contribution in [3.63, 3.8) is 0 Å². The number of rotatable bonds is 3. The number of nitrogens with one attached hydrogen (secondary N) is 1. The minimum absolute atomic E-state index is 0.0182. The van der Waals surface area contributed by atoms with Crippen molar-refractivity contribution in [3.8, 4) is 0 Å². The van der Waals surface area contributed by atoms with Crippen molar-refractivity contribution >= 4 is 17.3 Å². The molecule has 1 amide bonds. The molecule has 23 heavy (non-hydrogen) atoms. The van der Waals surface area contributed by atoms with Crippen LogP contribution in [0.5, 0.6) is 0 Å².